The van der Waals surface area contributed by atoms with Gasteiger partial charge in [-0.25, -0.2) is 4.68 Å². The lowest BCUT2D eigenvalue weighted by Gasteiger charge is -2.23. The van der Waals surface area contributed by atoms with E-state index in [4.69, 9.17) is 0 Å². The van der Waals surface area contributed by atoms with Gasteiger partial charge >= 0.3 is 6.61 Å². The second kappa shape index (κ2) is 7.77. The second-order valence-electron chi connectivity index (χ2n) is 6.16. The molecule has 1 unspecified atom stereocenters. The van der Waals surface area contributed by atoms with E-state index in [0.717, 1.165) is 19.4 Å². The third-order valence-electron chi connectivity index (χ3n) is 4.48. The molecule has 2 heterocycles. The molecule has 1 aromatic carbocycles. The first-order valence-corrected chi connectivity index (χ1v) is 8.44. The van der Waals surface area contributed by atoms with Crippen LogP contribution in [0.4, 0.5) is 8.78 Å². The van der Waals surface area contributed by atoms with Gasteiger partial charge in [-0.3, -0.25) is 4.79 Å². The number of carbonyl (C=O) groups is 1. The highest BCUT2D eigenvalue weighted by atomic mass is 19.3. The number of nitrogens with zero attached hydrogens (tertiary/aromatic N) is 4. The van der Waals surface area contributed by atoms with Gasteiger partial charge in [0.05, 0.1) is 11.4 Å². The highest BCUT2D eigenvalue weighted by Gasteiger charge is 2.31. The summed E-state index contributed by atoms with van der Waals surface area (Å²) >= 11 is 0. The summed E-state index contributed by atoms with van der Waals surface area (Å²) in [5.41, 5.74) is 1.53. The van der Waals surface area contributed by atoms with Crippen molar-refractivity contribution in [1.29, 1.82) is 0 Å². The summed E-state index contributed by atoms with van der Waals surface area (Å²) in [7, 11) is 1.86. The van der Waals surface area contributed by atoms with Crippen LogP contribution < -0.4 is 10.1 Å². The van der Waals surface area contributed by atoms with Crippen molar-refractivity contribution in [2.24, 2.45) is 0 Å². The van der Waals surface area contributed by atoms with E-state index < -0.39 is 6.61 Å². The van der Waals surface area contributed by atoms with Crippen LogP contribution in [-0.2, 0) is 0 Å². The number of halogens is 2. The Morgan fingerprint density at radius 3 is 2.77 bits per heavy atom. The summed E-state index contributed by atoms with van der Waals surface area (Å²) in [5.74, 6) is -0.0750. The van der Waals surface area contributed by atoms with Crippen molar-refractivity contribution in [3.63, 3.8) is 0 Å². The number of hydrogen-bond acceptors (Lipinski definition) is 5. The number of nitrogens with one attached hydrogen (secondary N) is 1. The molecule has 1 N–H and O–H groups in total. The Bertz CT molecular complexity index is 763. The third-order valence-corrected chi connectivity index (χ3v) is 4.48. The highest BCUT2D eigenvalue weighted by Crippen LogP contribution is 2.22. The number of ether oxygens (including phenoxy) is 1. The molecule has 9 heteroatoms. The predicted octanol–water partition coefficient (Wildman–Crippen LogP) is 2.00. The van der Waals surface area contributed by atoms with Crippen molar-refractivity contribution in [2.75, 3.05) is 20.1 Å². The lowest BCUT2D eigenvalue weighted by molar-refractivity contribution is -0.0498. The Kier molecular flexibility index (Phi) is 5.46. The molecule has 0 aliphatic carbocycles. The molecule has 1 aliphatic rings. The zero-order valence-electron chi connectivity index (χ0n) is 14.7. The lowest BCUT2D eigenvalue weighted by Crippen LogP contribution is -2.41. The zero-order chi connectivity index (χ0) is 18.7. The second-order valence-corrected chi connectivity index (χ2v) is 6.16. The van der Waals surface area contributed by atoms with Gasteiger partial charge in [-0.2, -0.15) is 8.78 Å². The van der Waals surface area contributed by atoms with E-state index in [9.17, 15) is 13.6 Å². The minimum Gasteiger partial charge on any atom is -0.435 e. The number of benzene rings is 1. The van der Waals surface area contributed by atoms with Crippen LogP contribution in [0.5, 0.6) is 5.75 Å². The van der Waals surface area contributed by atoms with Gasteiger partial charge in [-0.15, -0.1) is 5.10 Å². The van der Waals surface area contributed by atoms with Gasteiger partial charge in [0.25, 0.3) is 5.91 Å². The van der Waals surface area contributed by atoms with Gasteiger partial charge in [0.1, 0.15) is 5.75 Å². The van der Waals surface area contributed by atoms with Gasteiger partial charge in [0, 0.05) is 19.1 Å². The Labute approximate surface area is 149 Å². The molecule has 0 spiro atoms. The maximum absolute atomic E-state index is 12.9. The summed E-state index contributed by atoms with van der Waals surface area (Å²) in [4.78, 5) is 14.7. The predicted molar refractivity (Wildman–Crippen MR) is 90.7 cm³/mol. The Balaban J connectivity index is 1.80. The van der Waals surface area contributed by atoms with Crippen LogP contribution in [0, 0.1) is 6.92 Å². The first-order chi connectivity index (χ1) is 12.5. The molecule has 0 bridgehead atoms. The number of alkyl halides is 2. The minimum absolute atomic E-state index is 0.0600. The van der Waals surface area contributed by atoms with Gasteiger partial charge in [0.15, 0.2) is 5.69 Å². The van der Waals surface area contributed by atoms with E-state index >= 15 is 0 Å². The molecule has 7 nitrogen and oxygen atoms in total. The fourth-order valence-electron chi connectivity index (χ4n) is 3.23. The minimum atomic E-state index is -2.87. The zero-order valence-corrected chi connectivity index (χ0v) is 14.7. The summed E-state index contributed by atoms with van der Waals surface area (Å²) in [6.07, 6.45) is 1.93. The van der Waals surface area contributed by atoms with Crippen LogP contribution in [0.2, 0.25) is 0 Å². The van der Waals surface area contributed by atoms with E-state index in [0.29, 0.717) is 23.6 Å². The first-order valence-electron chi connectivity index (χ1n) is 8.44. The fraction of sp³-hybridized carbons (Fsp3) is 0.471. The van der Waals surface area contributed by atoms with Crippen molar-refractivity contribution < 1.29 is 18.3 Å². The molecular formula is C17H21F2N5O2. The van der Waals surface area contributed by atoms with Crippen LogP contribution in [0.3, 0.4) is 0 Å². The number of aromatic nitrogens is 3. The summed E-state index contributed by atoms with van der Waals surface area (Å²) in [6, 6.07) is 6.18. The average molecular weight is 365 g/mol. The quantitative estimate of drug-likeness (QED) is 0.848. The largest absolute Gasteiger partial charge is 0.435 e. The molecule has 140 valence electrons. The molecule has 1 atom stereocenters. The van der Waals surface area contributed by atoms with Crippen molar-refractivity contribution in [3.8, 4) is 11.4 Å². The molecule has 2 aromatic rings. The molecule has 1 aliphatic heterocycles. The van der Waals surface area contributed by atoms with E-state index in [-0.39, 0.29) is 17.7 Å². The Morgan fingerprint density at radius 2 is 2.12 bits per heavy atom. The molecular weight excluding hydrogens is 344 g/mol. The fourth-order valence-corrected chi connectivity index (χ4v) is 3.23. The Hall–Kier alpha value is -2.55. The number of carbonyl (C=O) groups excluding carboxylic acids is 1. The van der Waals surface area contributed by atoms with E-state index in [1.54, 1.807) is 19.1 Å². The normalized spacial score (nSPS) is 17.1. The smallest absolute Gasteiger partial charge is 0.387 e. The number of rotatable bonds is 6. The third kappa shape index (κ3) is 3.67. The van der Waals surface area contributed by atoms with Crippen molar-refractivity contribution in [3.05, 3.63) is 35.7 Å². The van der Waals surface area contributed by atoms with Crippen LogP contribution >= 0.6 is 0 Å². The van der Waals surface area contributed by atoms with E-state index in [2.05, 4.69) is 20.4 Å². The Morgan fingerprint density at radius 1 is 1.38 bits per heavy atom. The van der Waals surface area contributed by atoms with Gasteiger partial charge in [0.2, 0.25) is 0 Å². The van der Waals surface area contributed by atoms with Gasteiger partial charge in [-0.05, 0) is 51.1 Å². The SMILES string of the molecule is CNCC1CCCN1C(=O)c1nnn(-c2ccc(OC(F)F)cc2)c1C. The molecule has 26 heavy (non-hydrogen) atoms. The first kappa shape index (κ1) is 18.2. The van der Waals surface area contributed by atoms with Crippen LogP contribution in [0.15, 0.2) is 24.3 Å². The number of likely N-dealkylation sites (tertiary alicyclic amines) is 1. The molecule has 1 saturated heterocycles. The highest BCUT2D eigenvalue weighted by molar-refractivity contribution is 5.93. The monoisotopic (exact) mass is 365 g/mol. The number of hydrogen-bond donors (Lipinski definition) is 1. The van der Waals surface area contributed by atoms with Crippen LogP contribution in [-0.4, -0.2) is 58.6 Å². The van der Waals surface area contributed by atoms with Gasteiger partial charge in [-0.1, -0.05) is 5.21 Å². The number of amides is 1. The molecule has 1 amide bonds. The molecule has 1 fully saturated rings. The summed E-state index contributed by atoms with van der Waals surface area (Å²) in [6.45, 7) is 0.339. The number of likely N-dealkylation sites (N-methyl/N-ethyl adjacent to an activating group) is 1. The summed E-state index contributed by atoms with van der Waals surface area (Å²) < 4.78 is 30.3. The molecule has 0 saturated carbocycles. The van der Waals surface area contributed by atoms with Crippen LogP contribution in [0.25, 0.3) is 5.69 Å². The summed E-state index contributed by atoms with van der Waals surface area (Å²) in [5, 5.41) is 11.2. The topological polar surface area (TPSA) is 72.3 Å². The maximum Gasteiger partial charge on any atom is 0.387 e. The average Bonchev–Trinajstić information content (AvgIpc) is 3.22. The van der Waals surface area contributed by atoms with E-state index in [1.165, 1.54) is 16.8 Å². The van der Waals surface area contributed by atoms with Gasteiger partial charge < -0.3 is 15.0 Å². The van der Waals surface area contributed by atoms with Crippen molar-refractivity contribution in [2.45, 2.75) is 32.4 Å². The maximum atomic E-state index is 12.9. The molecule has 3 rings (SSSR count). The molecule has 1 aromatic heterocycles. The lowest BCUT2D eigenvalue weighted by atomic mass is 10.2. The van der Waals surface area contributed by atoms with Crippen molar-refractivity contribution in [1.82, 2.24) is 25.2 Å². The van der Waals surface area contributed by atoms with Crippen molar-refractivity contribution >= 4 is 5.91 Å². The standard InChI is InChI=1S/C17H21F2N5O2/c1-11-15(16(25)23-9-3-4-13(23)10-20-2)21-22-24(11)12-5-7-14(8-6-12)26-17(18)19/h5-8,13,17,20H,3-4,9-10H2,1-2H3. The van der Waals surface area contributed by atoms with Crippen LogP contribution in [0.1, 0.15) is 29.0 Å². The van der Waals surface area contributed by atoms with E-state index in [1.807, 2.05) is 11.9 Å². The molecule has 0 radical (unpaired) electrons.